The van der Waals surface area contributed by atoms with Gasteiger partial charge in [-0.05, 0) is 43.5 Å². The molecule has 0 saturated carbocycles. The first-order valence-corrected chi connectivity index (χ1v) is 8.36. The molecule has 118 valence electrons. The lowest BCUT2D eigenvalue weighted by Crippen LogP contribution is -2.41. The Kier molecular flexibility index (Phi) is 7.04. The topological polar surface area (TPSA) is 30.5 Å². The molecule has 1 aromatic carbocycles. The van der Waals surface area contributed by atoms with E-state index in [0.717, 1.165) is 45.0 Å². The monoisotopic (exact) mass is 291 g/mol. The van der Waals surface area contributed by atoms with Gasteiger partial charge in [0.15, 0.2) is 0 Å². The number of aryl methyl sites for hydroxylation is 1. The predicted octanol–water partition coefficient (Wildman–Crippen LogP) is 3.42. The molecule has 3 nitrogen and oxygen atoms in total. The molecule has 0 aliphatic carbocycles. The van der Waals surface area contributed by atoms with Gasteiger partial charge in [0, 0.05) is 18.6 Å². The number of ether oxygens (including phenoxy) is 2. The molecular weight excluding hydrogens is 262 g/mol. The van der Waals surface area contributed by atoms with Crippen molar-refractivity contribution in [2.24, 2.45) is 5.92 Å². The van der Waals surface area contributed by atoms with E-state index in [0.29, 0.717) is 12.0 Å². The highest BCUT2D eigenvalue weighted by molar-refractivity contribution is 5.27. The third-order valence-corrected chi connectivity index (χ3v) is 4.17. The van der Waals surface area contributed by atoms with Crippen LogP contribution in [-0.4, -0.2) is 32.4 Å². The number of benzene rings is 1. The van der Waals surface area contributed by atoms with Gasteiger partial charge in [0.25, 0.3) is 0 Å². The van der Waals surface area contributed by atoms with Crippen LogP contribution >= 0.6 is 0 Å². The van der Waals surface area contributed by atoms with Crippen LogP contribution in [0.5, 0.6) is 5.75 Å². The van der Waals surface area contributed by atoms with E-state index in [9.17, 15) is 0 Å². The van der Waals surface area contributed by atoms with Crippen LogP contribution in [0.4, 0.5) is 0 Å². The lowest BCUT2D eigenvalue weighted by Gasteiger charge is -2.23. The van der Waals surface area contributed by atoms with Crippen molar-refractivity contribution < 1.29 is 9.47 Å². The van der Waals surface area contributed by atoms with Gasteiger partial charge in [0.1, 0.15) is 12.4 Å². The fraction of sp³-hybridized carbons (Fsp3) is 0.667. The Labute approximate surface area is 129 Å². The lowest BCUT2D eigenvalue weighted by atomic mass is 10.00. The van der Waals surface area contributed by atoms with Crippen LogP contribution in [0.2, 0.25) is 0 Å². The van der Waals surface area contributed by atoms with Gasteiger partial charge in [-0.25, -0.2) is 0 Å². The fourth-order valence-corrected chi connectivity index (χ4v) is 2.81. The molecule has 0 radical (unpaired) electrons. The van der Waals surface area contributed by atoms with Crippen LogP contribution in [0.25, 0.3) is 0 Å². The summed E-state index contributed by atoms with van der Waals surface area (Å²) in [5, 5.41) is 3.53. The van der Waals surface area contributed by atoms with E-state index >= 15 is 0 Å². The molecule has 1 aromatic rings. The number of likely N-dealkylation sites (N-methyl/N-ethyl adjacent to an activating group) is 1. The van der Waals surface area contributed by atoms with E-state index in [1.54, 1.807) is 0 Å². The van der Waals surface area contributed by atoms with E-state index in [1.807, 2.05) is 0 Å². The fourth-order valence-electron chi connectivity index (χ4n) is 2.81. The third-order valence-electron chi connectivity index (χ3n) is 4.17. The largest absolute Gasteiger partial charge is 0.492 e. The Hall–Kier alpha value is -1.06. The van der Waals surface area contributed by atoms with Gasteiger partial charge in [0.2, 0.25) is 0 Å². The number of unbranched alkanes of at least 4 members (excludes halogenated alkanes) is 1. The average Bonchev–Trinajstić information content (AvgIpc) is 3.04. The summed E-state index contributed by atoms with van der Waals surface area (Å²) in [5.74, 6) is 1.55. The second-order valence-corrected chi connectivity index (χ2v) is 5.85. The quantitative estimate of drug-likeness (QED) is 0.756. The van der Waals surface area contributed by atoms with Gasteiger partial charge >= 0.3 is 0 Å². The molecule has 1 aliphatic rings. The highest BCUT2D eigenvalue weighted by Crippen LogP contribution is 2.19. The van der Waals surface area contributed by atoms with Crippen molar-refractivity contribution in [3.63, 3.8) is 0 Å². The summed E-state index contributed by atoms with van der Waals surface area (Å²) in [4.78, 5) is 0. The van der Waals surface area contributed by atoms with Crippen LogP contribution < -0.4 is 10.1 Å². The Morgan fingerprint density at radius 1 is 1.29 bits per heavy atom. The molecule has 0 bridgehead atoms. The Morgan fingerprint density at radius 3 is 2.71 bits per heavy atom. The maximum Gasteiger partial charge on any atom is 0.119 e. The minimum absolute atomic E-state index is 0.386. The molecule has 1 fully saturated rings. The maximum absolute atomic E-state index is 5.97. The predicted molar refractivity (Wildman–Crippen MR) is 86.9 cm³/mol. The minimum atomic E-state index is 0.386. The Bertz CT molecular complexity index is 385. The summed E-state index contributed by atoms with van der Waals surface area (Å²) < 4.78 is 11.5. The first-order valence-electron chi connectivity index (χ1n) is 8.36. The molecule has 0 aromatic heterocycles. The summed E-state index contributed by atoms with van der Waals surface area (Å²) in [6, 6.07) is 8.95. The molecule has 1 heterocycles. The van der Waals surface area contributed by atoms with Crippen molar-refractivity contribution in [3.05, 3.63) is 29.8 Å². The van der Waals surface area contributed by atoms with Gasteiger partial charge in [0.05, 0.1) is 6.61 Å². The highest BCUT2D eigenvalue weighted by Gasteiger charge is 2.25. The van der Waals surface area contributed by atoms with Crippen molar-refractivity contribution >= 4 is 0 Å². The van der Waals surface area contributed by atoms with Crippen LogP contribution in [0, 0.1) is 5.92 Å². The SMILES string of the molecule is CCCCc1ccc(OCC(NCC)C2CCOC2)cc1. The minimum Gasteiger partial charge on any atom is -0.492 e. The van der Waals surface area contributed by atoms with E-state index in [4.69, 9.17) is 9.47 Å². The third kappa shape index (κ3) is 5.33. The zero-order valence-corrected chi connectivity index (χ0v) is 13.4. The molecule has 0 spiro atoms. The van der Waals surface area contributed by atoms with Crippen LogP contribution in [0.3, 0.4) is 0 Å². The molecule has 2 rings (SSSR count). The van der Waals surface area contributed by atoms with Crippen molar-refractivity contribution in [1.29, 1.82) is 0 Å². The van der Waals surface area contributed by atoms with Crippen LogP contribution in [0.15, 0.2) is 24.3 Å². The van der Waals surface area contributed by atoms with Gasteiger partial charge in [-0.15, -0.1) is 0 Å². The molecule has 1 aliphatic heterocycles. The average molecular weight is 291 g/mol. The number of hydrogen-bond donors (Lipinski definition) is 1. The number of nitrogens with one attached hydrogen (secondary N) is 1. The van der Waals surface area contributed by atoms with E-state index in [-0.39, 0.29) is 0 Å². The van der Waals surface area contributed by atoms with Crippen molar-refractivity contribution in [2.75, 3.05) is 26.4 Å². The highest BCUT2D eigenvalue weighted by atomic mass is 16.5. The molecule has 1 saturated heterocycles. The van der Waals surface area contributed by atoms with Crippen molar-refractivity contribution in [3.8, 4) is 5.75 Å². The number of hydrogen-bond acceptors (Lipinski definition) is 3. The van der Waals surface area contributed by atoms with Crippen molar-refractivity contribution in [2.45, 2.75) is 45.6 Å². The Balaban J connectivity index is 1.82. The van der Waals surface area contributed by atoms with Gasteiger partial charge in [-0.1, -0.05) is 32.4 Å². The number of rotatable bonds is 9. The van der Waals surface area contributed by atoms with E-state index in [2.05, 4.69) is 43.4 Å². The molecule has 1 N–H and O–H groups in total. The van der Waals surface area contributed by atoms with E-state index < -0.39 is 0 Å². The first kappa shape index (κ1) is 16.3. The zero-order chi connectivity index (χ0) is 14.9. The molecule has 3 heteroatoms. The smallest absolute Gasteiger partial charge is 0.119 e. The van der Waals surface area contributed by atoms with Crippen molar-refractivity contribution in [1.82, 2.24) is 5.32 Å². The molecular formula is C18H29NO2. The van der Waals surface area contributed by atoms with Gasteiger partial charge < -0.3 is 14.8 Å². The second-order valence-electron chi connectivity index (χ2n) is 5.85. The standard InChI is InChI=1S/C18H29NO2/c1-3-5-6-15-7-9-17(10-8-15)21-14-18(19-4-2)16-11-12-20-13-16/h7-10,16,18-19H,3-6,11-14H2,1-2H3. The summed E-state index contributed by atoms with van der Waals surface area (Å²) >= 11 is 0. The van der Waals surface area contributed by atoms with Gasteiger partial charge in [-0.3, -0.25) is 0 Å². The molecule has 2 unspecified atom stereocenters. The Morgan fingerprint density at radius 2 is 2.10 bits per heavy atom. The van der Waals surface area contributed by atoms with Crippen LogP contribution in [-0.2, 0) is 11.2 Å². The first-order chi connectivity index (χ1) is 10.3. The summed E-state index contributed by atoms with van der Waals surface area (Å²) in [5.41, 5.74) is 1.40. The van der Waals surface area contributed by atoms with E-state index in [1.165, 1.54) is 18.4 Å². The summed E-state index contributed by atoms with van der Waals surface area (Å²) in [6.45, 7) is 7.81. The zero-order valence-electron chi connectivity index (χ0n) is 13.4. The molecule has 21 heavy (non-hydrogen) atoms. The summed E-state index contributed by atoms with van der Waals surface area (Å²) in [7, 11) is 0. The normalized spacial score (nSPS) is 19.6. The van der Waals surface area contributed by atoms with Gasteiger partial charge in [-0.2, -0.15) is 0 Å². The lowest BCUT2D eigenvalue weighted by molar-refractivity contribution is 0.161. The molecule has 0 amide bonds. The van der Waals surface area contributed by atoms with Crippen LogP contribution in [0.1, 0.15) is 38.7 Å². The summed E-state index contributed by atoms with van der Waals surface area (Å²) in [6.07, 6.45) is 4.80. The maximum atomic E-state index is 5.97. The molecule has 2 atom stereocenters. The second kappa shape index (κ2) is 9.06.